The van der Waals surface area contributed by atoms with Crippen molar-refractivity contribution >= 4 is 17.3 Å². The normalized spacial score (nSPS) is 11.9. The van der Waals surface area contributed by atoms with Crippen molar-refractivity contribution in [3.8, 4) is 0 Å². The van der Waals surface area contributed by atoms with Crippen LogP contribution in [0.5, 0.6) is 0 Å². The molecule has 0 spiro atoms. The average Bonchev–Trinajstić information content (AvgIpc) is 2.34. The lowest BCUT2D eigenvalue weighted by atomic mass is 10.1. The van der Waals surface area contributed by atoms with Crippen LogP contribution < -0.4 is 5.73 Å². The first-order chi connectivity index (χ1) is 8.84. The highest BCUT2D eigenvalue weighted by molar-refractivity contribution is 6.00. The summed E-state index contributed by atoms with van der Waals surface area (Å²) in [6.45, 7) is 1.92. The number of carbonyl (C=O) groups excluding carboxylic acids is 1. The van der Waals surface area contributed by atoms with Crippen LogP contribution in [0.4, 0.5) is 11.4 Å². The van der Waals surface area contributed by atoms with E-state index in [0.717, 1.165) is 0 Å². The first-order valence-corrected chi connectivity index (χ1v) is 5.81. The van der Waals surface area contributed by atoms with E-state index in [2.05, 4.69) is 0 Å². The molecule has 0 fully saturated rings. The van der Waals surface area contributed by atoms with Crippen LogP contribution in [0.25, 0.3) is 0 Å². The zero-order valence-corrected chi connectivity index (χ0v) is 10.9. The molecule has 0 radical (unpaired) electrons. The maximum atomic E-state index is 12.1. The third-order valence-corrected chi connectivity index (χ3v) is 2.71. The molecule has 0 bridgehead atoms. The molecule has 1 aromatic rings. The fourth-order valence-electron chi connectivity index (χ4n) is 1.63. The van der Waals surface area contributed by atoms with Crippen LogP contribution in [0.15, 0.2) is 18.2 Å². The number of para-hydroxylation sites is 1. The van der Waals surface area contributed by atoms with E-state index in [4.69, 9.17) is 5.73 Å². The van der Waals surface area contributed by atoms with Gasteiger partial charge in [0, 0.05) is 13.6 Å². The van der Waals surface area contributed by atoms with Crippen molar-refractivity contribution in [3.05, 3.63) is 33.9 Å². The number of benzene rings is 1. The van der Waals surface area contributed by atoms with E-state index in [1.165, 1.54) is 30.1 Å². The molecule has 0 aliphatic carbocycles. The number of carbonyl (C=O) groups is 1. The fraction of sp³-hybridized carbons (Fsp3) is 0.417. The summed E-state index contributed by atoms with van der Waals surface area (Å²) in [5.74, 6) is -0.486. The second kappa shape index (κ2) is 6.14. The number of hydrogen-bond donors (Lipinski definition) is 2. The molecule has 0 saturated heterocycles. The van der Waals surface area contributed by atoms with Crippen molar-refractivity contribution in [2.75, 3.05) is 19.3 Å². The van der Waals surface area contributed by atoms with Gasteiger partial charge in [0.05, 0.1) is 11.0 Å². The Balaban J connectivity index is 2.99. The summed E-state index contributed by atoms with van der Waals surface area (Å²) in [6.07, 6.45) is -0.135. The average molecular weight is 267 g/mol. The number of hydrogen-bond acceptors (Lipinski definition) is 5. The molecule has 0 aliphatic heterocycles. The molecule has 104 valence electrons. The topological polar surface area (TPSA) is 110 Å². The molecule has 0 aliphatic rings. The second-order valence-corrected chi connectivity index (χ2v) is 4.36. The van der Waals surface area contributed by atoms with Gasteiger partial charge in [-0.3, -0.25) is 14.9 Å². The van der Waals surface area contributed by atoms with Gasteiger partial charge in [-0.15, -0.1) is 0 Å². The van der Waals surface area contributed by atoms with Gasteiger partial charge < -0.3 is 15.7 Å². The number of nitrogens with two attached hydrogens (primary N) is 1. The van der Waals surface area contributed by atoms with E-state index >= 15 is 0 Å². The summed E-state index contributed by atoms with van der Waals surface area (Å²) in [5.41, 5.74) is 5.07. The highest BCUT2D eigenvalue weighted by atomic mass is 16.6. The van der Waals surface area contributed by atoms with Gasteiger partial charge >= 0.3 is 5.69 Å². The molecule has 1 amide bonds. The Labute approximate surface area is 110 Å². The van der Waals surface area contributed by atoms with Gasteiger partial charge in [-0.25, -0.2) is 0 Å². The number of nitro benzene ring substituents is 1. The molecule has 3 N–H and O–H groups in total. The Hall–Kier alpha value is -2.15. The number of rotatable bonds is 5. The molecule has 0 aromatic heterocycles. The number of nitrogens with zero attached hydrogens (tertiary/aromatic N) is 2. The third kappa shape index (κ3) is 3.65. The molecular weight excluding hydrogens is 250 g/mol. The Morgan fingerprint density at radius 3 is 2.74 bits per heavy atom. The summed E-state index contributed by atoms with van der Waals surface area (Å²) in [4.78, 5) is 23.7. The first-order valence-electron chi connectivity index (χ1n) is 5.81. The smallest absolute Gasteiger partial charge is 0.304 e. The van der Waals surface area contributed by atoms with Gasteiger partial charge in [-0.1, -0.05) is 6.07 Å². The molecule has 1 atom stereocenters. The maximum Gasteiger partial charge on any atom is 0.304 e. The lowest BCUT2D eigenvalue weighted by Crippen LogP contribution is -2.30. The zero-order valence-electron chi connectivity index (χ0n) is 10.9. The number of nitrogen functional groups attached to an aromatic ring is 1. The van der Waals surface area contributed by atoms with Crippen molar-refractivity contribution in [2.24, 2.45) is 0 Å². The van der Waals surface area contributed by atoms with Crippen LogP contribution in [0, 0.1) is 10.1 Å². The SMILES string of the molecule is CC(O)CCN(C)C(=O)c1cccc(N)c1[N+](=O)[O-]. The van der Waals surface area contributed by atoms with Crippen molar-refractivity contribution in [3.63, 3.8) is 0 Å². The highest BCUT2D eigenvalue weighted by Gasteiger charge is 2.25. The predicted molar refractivity (Wildman–Crippen MR) is 70.8 cm³/mol. The van der Waals surface area contributed by atoms with E-state index < -0.39 is 16.9 Å². The molecule has 7 heteroatoms. The predicted octanol–water partition coefficient (Wildman–Crippen LogP) is 1.02. The van der Waals surface area contributed by atoms with Crippen LogP contribution in [0.3, 0.4) is 0 Å². The van der Waals surface area contributed by atoms with Crippen LogP contribution in [-0.4, -0.2) is 40.5 Å². The lowest BCUT2D eigenvalue weighted by molar-refractivity contribution is -0.384. The van der Waals surface area contributed by atoms with Crippen molar-refractivity contribution < 1.29 is 14.8 Å². The minimum atomic E-state index is -0.662. The Morgan fingerprint density at radius 2 is 2.21 bits per heavy atom. The monoisotopic (exact) mass is 267 g/mol. The lowest BCUT2D eigenvalue weighted by Gasteiger charge is -2.18. The maximum absolute atomic E-state index is 12.1. The summed E-state index contributed by atoms with van der Waals surface area (Å²) in [5, 5.41) is 20.1. The summed E-state index contributed by atoms with van der Waals surface area (Å²) in [6, 6.07) is 4.25. The van der Waals surface area contributed by atoms with Crippen molar-refractivity contribution in [2.45, 2.75) is 19.4 Å². The molecule has 0 saturated carbocycles. The molecule has 19 heavy (non-hydrogen) atoms. The highest BCUT2D eigenvalue weighted by Crippen LogP contribution is 2.26. The summed E-state index contributed by atoms with van der Waals surface area (Å²) >= 11 is 0. The molecule has 1 aromatic carbocycles. The van der Waals surface area contributed by atoms with Gasteiger partial charge in [0.25, 0.3) is 5.91 Å². The van der Waals surface area contributed by atoms with Crippen LogP contribution >= 0.6 is 0 Å². The molecular formula is C12H17N3O4. The number of nitro groups is 1. The number of aliphatic hydroxyl groups is 1. The minimum absolute atomic E-state index is 0.0419. The third-order valence-electron chi connectivity index (χ3n) is 2.71. The quantitative estimate of drug-likeness (QED) is 0.470. The minimum Gasteiger partial charge on any atom is -0.393 e. The standard InChI is InChI=1S/C12H17N3O4/c1-8(16)6-7-14(2)12(17)9-4-3-5-10(13)11(9)15(18)19/h3-5,8,16H,6-7,13H2,1-2H3. The second-order valence-electron chi connectivity index (χ2n) is 4.36. The van der Waals surface area contributed by atoms with Gasteiger partial charge in [0.1, 0.15) is 11.3 Å². The van der Waals surface area contributed by atoms with Gasteiger partial charge in [0.2, 0.25) is 0 Å². The van der Waals surface area contributed by atoms with E-state index in [1.54, 1.807) is 6.92 Å². The first kappa shape index (κ1) is 14.9. The Bertz CT molecular complexity index is 488. The molecule has 1 unspecified atom stereocenters. The number of amides is 1. The van der Waals surface area contributed by atoms with E-state index in [1.807, 2.05) is 0 Å². The Morgan fingerprint density at radius 1 is 1.58 bits per heavy atom. The van der Waals surface area contributed by atoms with E-state index in [9.17, 15) is 20.0 Å². The van der Waals surface area contributed by atoms with Crippen molar-refractivity contribution in [1.82, 2.24) is 4.90 Å². The number of aliphatic hydroxyl groups excluding tert-OH is 1. The van der Waals surface area contributed by atoms with Crippen LogP contribution in [-0.2, 0) is 0 Å². The Kier molecular flexibility index (Phi) is 4.82. The number of anilines is 1. The summed E-state index contributed by atoms with van der Waals surface area (Å²) < 4.78 is 0. The van der Waals surface area contributed by atoms with Gasteiger partial charge in [-0.05, 0) is 25.5 Å². The van der Waals surface area contributed by atoms with Crippen LogP contribution in [0.1, 0.15) is 23.7 Å². The van der Waals surface area contributed by atoms with Gasteiger partial charge in [0.15, 0.2) is 0 Å². The summed E-state index contributed by atoms with van der Waals surface area (Å²) in [7, 11) is 1.53. The van der Waals surface area contributed by atoms with E-state index in [0.29, 0.717) is 13.0 Å². The molecule has 1 rings (SSSR count). The fourth-order valence-corrected chi connectivity index (χ4v) is 1.63. The van der Waals surface area contributed by atoms with E-state index in [-0.39, 0.29) is 16.9 Å². The molecule has 7 nitrogen and oxygen atoms in total. The van der Waals surface area contributed by atoms with Crippen LogP contribution in [0.2, 0.25) is 0 Å². The largest absolute Gasteiger partial charge is 0.393 e. The molecule has 0 heterocycles. The van der Waals surface area contributed by atoms with Gasteiger partial charge in [-0.2, -0.15) is 0 Å². The van der Waals surface area contributed by atoms with Crippen molar-refractivity contribution in [1.29, 1.82) is 0 Å². The zero-order chi connectivity index (χ0) is 14.6.